The van der Waals surface area contributed by atoms with Crippen molar-refractivity contribution in [2.75, 3.05) is 7.05 Å². The van der Waals surface area contributed by atoms with E-state index in [0.717, 1.165) is 18.4 Å². The maximum Gasteiger partial charge on any atom is 0.257 e. The van der Waals surface area contributed by atoms with E-state index in [2.05, 4.69) is 12.1 Å². The number of halogens is 1. The lowest BCUT2D eigenvalue weighted by Crippen LogP contribution is -2.30. The first-order valence-corrected chi connectivity index (χ1v) is 7.19. The molecule has 0 aromatic heterocycles. The number of amides is 1. The number of fused-ring (bicyclic) bond motifs is 1. The van der Waals surface area contributed by atoms with Gasteiger partial charge < -0.3 is 4.90 Å². The van der Waals surface area contributed by atoms with Gasteiger partial charge in [0.1, 0.15) is 5.82 Å². The zero-order chi connectivity index (χ0) is 15.0. The van der Waals surface area contributed by atoms with Crippen molar-refractivity contribution >= 4 is 5.91 Å². The second kappa shape index (κ2) is 5.32. The Kier molecular flexibility index (Phi) is 3.50. The first-order valence-electron chi connectivity index (χ1n) is 7.19. The van der Waals surface area contributed by atoms with Gasteiger partial charge in [0.2, 0.25) is 0 Å². The van der Waals surface area contributed by atoms with Gasteiger partial charge in [-0.2, -0.15) is 0 Å². The Morgan fingerprint density at radius 1 is 1.24 bits per heavy atom. The number of benzene rings is 2. The highest BCUT2D eigenvalue weighted by Gasteiger charge is 2.29. The zero-order valence-corrected chi connectivity index (χ0v) is 12.3. The third-order valence-electron chi connectivity index (χ3n) is 4.24. The van der Waals surface area contributed by atoms with Gasteiger partial charge in [0.25, 0.3) is 5.91 Å². The molecular weight excluding hydrogens is 265 g/mol. The molecule has 1 aliphatic rings. The van der Waals surface area contributed by atoms with Gasteiger partial charge >= 0.3 is 0 Å². The van der Waals surface area contributed by atoms with E-state index in [4.69, 9.17) is 0 Å². The molecule has 1 atom stereocenters. The molecule has 1 unspecified atom stereocenters. The molecule has 0 saturated carbocycles. The predicted octanol–water partition coefficient (Wildman–Crippen LogP) is 3.89. The van der Waals surface area contributed by atoms with Gasteiger partial charge in [0.05, 0.1) is 11.6 Å². The summed E-state index contributed by atoms with van der Waals surface area (Å²) in [6, 6.07) is 12.9. The van der Waals surface area contributed by atoms with Gasteiger partial charge in [0.15, 0.2) is 0 Å². The van der Waals surface area contributed by atoms with Crippen molar-refractivity contribution in [2.24, 2.45) is 0 Å². The van der Waals surface area contributed by atoms with Crippen molar-refractivity contribution in [1.82, 2.24) is 4.90 Å². The number of nitrogens with zero attached hydrogens (tertiary/aromatic N) is 1. The van der Waals surface area contributed by atoms with Crippen LogP contribution < -0.4 is 0 Å². The van der Waals surface area contributed by atoms with Gasteiger partial charge in [-0.1, -0.05) is 30.3 Å². The highest BCUT2D eigenvalue weighted by Crippen LogP contribution is 2.35. The van der Waals surface area contributed by atoms with Crippen LogP contribution in [0.2, 0.25) is 0 Å². The lowest BCUT2D eigenvalue weighted by atomic mass is 10.1. The van der Waals surface area contributed by atoms with Gasteiger partial charge in [-0.3, -0.25) is 4.79 Å². The highest BCUT2D eigenvalue weighted by atomic mass is 19.1. The highest BCUT2D eigenvalue weighted by molar-refractivity contribution is 5.94. The van der Waals surface area contributed by atoms with E-state index in [1.807, 2.05) is 19.1 Å². The van der Waals surface area contributed by atoms with Crippen molar-refractivity contribution < 1.29 is 9.18 Å². The molecule has 0 bridgehead atoms. The van der Waals surface area contributed by atoms with Crippen LogP contribution in [0.1, 0.15) is 39.5 Å². The Morgan fingerprint density at radius 2 is 2.00 bits per heavy atom. The molecule has 0 aliphatic heterocycles. The summed E-state index contributed by atoms with van der Waals surface area (Å²) in [6.45, 7) is 1.81. The van der Waals surface area contributed by atoms with Crippen LogP contribution in [0, 0.1) is 12.7 Å². The number of hydrogen-bond donors (Lipinski definition) is 0. The first kappa shape index (κ1) is 13.8. The van der Waals surface area contributed by atoms with Crippen molar-refractivity contribution in [3.8, 4) is 0 Å². The lowest BCUT2D eigenvalue weighted by molar-refractivity contribution is 0.0726. The molecule has 1 amide bonds. The quantitative estimate of drug-likeness (QED) is 0.818. The Labute approximate surface area is 124 Å². The fourth-order valence-corrected chi connectivity index (χ4v) is 3.06. The van der Waals surface area contributed by atoms with E-state index >= 15 is 0 Å². The molecule has 0 heterocycles. The number of carbonyl (C=O) groups excluding carboxylic acids is 1. The fraction of sp³-hybridized carbons (Fsp3) is 0.278. The van der Waals surface area contributed by atoms with Crippen molar-refractivity contribution in [3.63, 3.8) is 0 Å². The monoisotopic (exact) mass is 283 g/mol. The molecule has 21 heavy (non-hydrogen) atoms. The van der Waals surface area contributed by atoms with Crippen LogP contribution in [0.25, 0.3) is 0 Å². The molecule has 3 heteroatoms. The second-order valence-electron chi connectivity index (χ2n) is 5.65. The van der Waals surface area contributed by atoms with Crippen molar-refractivity contribution in [3.05, 3.63) is 70.5 Å². The standard InChI is InChI=1S/C18H18FNO/c1-12-7-9-15(16(19)11-12)18(21)20(2)17-10-8-13-5-3-4-6-14(13)17/h3-7,9,11,17H,8,10H2,1-2H3. The number of hydrogen-bond acceptors (Lipinski definition) is 1. The first-order chi connectivity index (χ1) is 10.1. The van der Waals surface area contributed by atoms with Crippen LogP contribution in [-0.4, -0.2) is 17.9 Å². The summed E-state index contributed by atoms with van der Waals surface area (Å²) in [5.74, 6) is -0.702. The van der Waals surface area contributed by atoms with Crippen LogP contribution in [0.4, 0.5) is 4.39 Å². The van der Waals surface area contributed by atoms with E-state index in [0.29, 0.717) is 0 Å². The topological polar surface area (TPSA) is 20.3 Å². The Morgan fingerprint density at radius 3 is 2.76 bits per heavy atom. The molecule has 108 valence electrons. The van der Waals surface area contributed by atoms with Gasteiger partial charge in [-0.25, -0.2) is 4.39 Å². The summed E-state index contributed by atoms with van der Waals surface area (Å²) >= 11 is 0. The average Bonchev–Trinajstić information content (AvgIpc) is 2.90. The summed E-state index contributed by atoms with van der Waals surface area (Å²) in [6.07, 6.45) is 1.86. The molecule has 2 aromatic rings. The normalized spacial score (nSPS) is 16.6. The molecule has 0 N–H and O–H groups in total. The fourth-order valence-electron chi connectivity index (χ4n) is 3.06. The third kappa shape index (κ3) is 2.44. The van der Waals surface area contributed by atoms with Crippen LogP contribution in [0.15, 0.2) is 42.5 Å². The molecule has 2 nitrogen and oxygen atoms in total. The average molecular weight is 283 g/mol. The molecule has 2 aromatic carbocycles. The van der Waals surface area contributed by atoms with Crippen molar-refractivity contribution in [1.29, 1.82) is 0 Å². The lowest BCUT2D eigenvalue weighted by Gasteiger charge is -2.25. The third-order valence-corrected chi connectivity index (χ3v) is 4.24. The largest absolute Gasteiger partial charge is 0.335 e. The van der Waals surface area contributed by atoms with Crippen molar-refractivity contribution in [2.45, 2.75) is 25.8 Å². The van der Waals surface area contributed by atoms with Crippen LogP contribution in [0.5, 0.6) is 0 Å². The van der Waals surface area contributed by atoms with E-state index in [1.54, 1.807) is 24.1 Å². The van der Waals surface area contributed by atoms with Crippen LogP contribution >= 0.6 is 0 Å². The van der Waals surface area contributed by atoms with E-state index in [9.17, 15) is 9.18 Å². The van der Waals surface area contributed by atoms with Gasteiger partial charge in [-0.15, -0.1) is 0 Å². The second-order valence-corrected chi connectivity index (χ2v) is 5.65. The van der Waals surface area contributed by atoms with E-state index < -0.39 is 5.82 Å². The molecular formula is C18H18FNO. The predicted molar refractivity (Wildman–Crippen MR) is 80.7 cm³/mol. The number of carbonyl (C=O) groups is 1. The summed E-state index contributed by atoms with van der Waals surface area (Å²) < 4.78 is 14.0. The Hall–Kier alpha value is -2.16. The molecule has 1 aliphatic carbocycles. The molecule has 0 fully saturated rings. The zero-order valence-electron chi connectivity index (χ0n) is 12.3. The Balaban J connectivity index is 1.89. The van der Waals surface area contributed by atoms with Gasteiger partial charge in [-0.05, 0) is 48.6 Å². The van der Waals surface area contributed by atoms with Crippen LogP contribution in [0.3, 0.4) is 0 Å². The van der Waals surface area contributed by atoms with Gasteiger partial charge in [0, 0.05) is 7.05 Å². The summed E-state index contributed by atoms with van der Waals surface area (Å²) in [4.78, 5) is 14.2. The summed E-state index contributed by atoms with van der Waals surface area (Å²) in [5.41, 5.74) is 3.43. The smallest absolute Gasteiger partial charge is 0.257 e. The Bertz CT molecular complexity index is 695. The summed E-state index contributed by atoms with van der Waals surface area (Å²) in [7, 11) is 1.76. The van der Waals surface area contributed by atoms with E-state index in [1.165, 1.54) is 17.2 Å². The molecule has 0 spiro atoms. The molecule has 0 saturated heterocycles. The van der Waals surface area contributed by atoms with Crippen LogP contribution in [-0.2, 0) is 6.42 Å². The number of rotatable bonds is 2. The minimum Gasteiger partial charge on any atom is -0.335 e. The number of aryl methyl sites for hydroxylation is 2. The summed E-state index contributed by atoms with van der Waals surface area (Å²) in [5, 5.41) is 0. The van der Waals surface area contributed by atoms with E-state index in [-0.39, 0.29) is 17.5 Å². The molecule has 3 rings (SSSR count). The molecule has 0 radical (unpaired) electrons. The minimum absolute atomic E-state index is 0.0365. The maximum atomic E-state index is 14.0. The SMILES string of the molecule is Cc1ccc(C(=O)N(C)C2CCc3ccccc32)c(F)c1. The minimum atomic E-state index is -0.446. The maximum absolute atomic E-state index is 14.0.